The molecule has 3 aliphatic rings. The molecular formula is C28H32N2. The second-order valence-electron chi connectivity index (χ2n) is 9.06. The summed E-state index contributed by atoms with van der Waals surface area (Å²) >= 11 is 0. The molecule has 3 fully saturated rings. The number of piperidine rings is 3. The number of fused-ring (bicyclic) bond motifs is 3. The highest BCUT2D eigenvalue weighted by Crippen LogP contribution is 2.42. The van der Waals surface area contributed by atoms with Gasteiger partial charge in [-0.2, -0.15) is 0 Å². The maximum absolute atomic E-state index is 4.02. The van der Waals surface area contributed by atoms with E-state index in [1.54, 1.807) is 0 Å². The molecule has 0 amide bonds. The molecule has 0 saturated carbocycles. The van der Waals surface area contributed by atoms with Gasteiger partial charge in [0.2, 0.25) is 0 Å². The largest absolute Gasteiger partial charge is 0.308 e. The van der Waals surface area contributed by atoms with Gasteiger partial charge in [-0.05, 0) is 55.5 Å². The van der Waals surface area contributed by atoms with Gasteiger partial charge >= 0.3 is 0 Å². The van der Waals surface area contributed by atoms with Gasteiger partial charge in [0.25, 0.3) is 0 Å². The Labute approximate surface area is 180 Å². The molecule has 3 aliphatic heterocycles. The van der Waals surface area contributed by atoms with Crippen molar-refractivity contribution in [2.75, 3.05) is 13.1 Å². The van der Waals surface area contributed by atoms with Crippen LogP contribution in [0.5, 0.6) is 0 Å². The van der Waals surface area contributed by atoms with Crippen LogP contribution in [-0.2, 0) is 6.54 Å². The van der Waals surface area contributed by atoms with Gasteiger partial charge in [-0.1, -0.05) is 90.5 Å². The number of hydrogen-bond donors (Lipinski definition) is 1. The Morgan fingerprint density at radius 1 is 0.800 bits per heavy atom. The molecule has 6 rings (SSSR count). The molecule has 0 radical (unpaired) electrons. The number of hydrogen-bond acceptors (Lipinski definition) is 2. The number of rotatable bonds is 6. The van der Waals surface area contributed by atoms with Crippen LogP contribution in [-0.4, -0.2) is 30.1 Å². The molecule has 1 N–H and O–H groups in total. The molecular weight excluding hydrogens is 364 g/mol. The van der Waals surface area contributed by atoms with Gasteiger partial charge in [0.05, 0.1) is 0 Å². The highest BCUT2D eigenvalue weighted by Gasteiger charge is 2.46. The SMILES string of the molecule is Cc1ccc(CN[C@@H]2C3CCN(CC3)[C@H]2C(c2ccccc2)c2ccccc2)cc1. The van der Waals surface area contributed by atoms with Crippen LogP contribution in [0.1, 0.15) is 41.0 Å². The van der Waals surface area contributed by atoms with Gasteiger partial charge in [-0.15, -0.1) is 0 Å². The molecule has 2 bridgehead atoms. The first-order valence-corrected chi connectivity index (χ1v) is 11.4. The lowest BCUT2D eigenvalue weighted by molar-refractivity contribution is 0.00468. The first-order chi connectivity index (χ1) is 14.8. The minimum Gasteiger partial charge on any atom is -0.308 e. The normalized spacial score (nSPS) is 25.5. The van der Waals surface area contributed by atoms with Crippen LogP contribution in [0.2, 0.25) is 0 Å². The molecule has 3 aromatic carbocycles. The maximum Gasteiger partial charge on any atom is 0.0361 e. The fraction of sp³-hybridized carbons (Fsp3) is 0.357. The van der Waals surface area contributed by atoms with Gasteiger partial charge in [0.15, 0.2) is 0 Å². The molecule has 0 aromatic heterocycles. The van der Waals surface area contributed by atoms with Crippen molar-refractivity contribution >= 4 is 0 Å². The van der Waals surface area contributed by atoms with Crippen LogP contribution in [0.15, 0.2) is 84.9 Å². The van der Waals surface area contributed by atoms with Crippen LogP contribution >= 0.6 is 0 Å². The summed E-state index contributed by atoms with van der Waals surface area (Å²) in [5.74, 6) is 1.16. The average molecular weight is 397 g/mol. The zero-order chi connectivity index (χ0) is 20.3. The van der Waals surface area contributed by atoms with Gasteiger partial charge in [-0.25, -0.2) is 0 Å². The summed E-state index contributed by atoms with van der Waals surface area (Å²) in [5, 5.41) is 4.02. The van der Waals surface area contributed by atoms with E-state index in [1.807, 2.05) is 0 Å². The first-order valence-electron chi connectivity index (χ1n) is 11.4. The summed E-state index contributed by atoms with van der Waals surface area (Å²) in [4.78, 5) is 2.76. The zero-order valence-corrected chi connectivity index (χ0v) is 17.9. The molecule has 3 heterocycles. The van der Waals surface area contributed by atoms with Crippen molar-refractivity contribution in [3.8, 4) is 0 Å². The predicted molar refractivity (Wildman–Crippen MR) is 125 cm³/mol. The van der Waals surface area contributed by atoms with E-state index in [1.165, 1.54) is 48.2 Å². The van der Waals surface area contributed by atoms with Crippen molar-refractivity contribution < 1.29 is 0 Å². The lowest BCUT2D eigenvalue weighted by atomic mass is 9.70. The van der Waals surface area contributed by atoms with Crippen LogP contribution in [0.25, 0.3) is 0 Å². The first kappa shape index (κ1) is 19.5. The predicted octanol–water partition coefficient (Wildman–Crippen LogP) is 5.38. The summed E-state index contributed by atoms with van der Waals surface area (Å²) < 4.78 is 0. The molecule has 3 aromatic rings. The third kappa shape index (κ3) is 3.95. The molecule has 3 saturated heterocycles. The van der Waals surface area contributed by atoms with E-state index in [0.717, 1.165) is 12.5 Å². The molecule has 2 heteroatoms. The molecule has 0 spiro atoms. The Balaban J connectivity index is 1.48. The van der Waals surface area contributed by atoms with Crippen molar-refractivity contribution in [3.05, 3.63) is 107 Å². The van der Waals surface area contributed by atoms with Gasteiger partial charge < -0.3 is 5.32 Å². The van der Waals surface area contributed by atoms with Gasteiger partial charge in [0.1, 0.15) is 0 Å². The van der Waals surface area contributed by atoms with E-state index in [9.17, 15) is 0 Å². The number of benzene rings is 3. The number of nitrogens with zero attached hydrogens (tertiary/aromatic N) is 1. The van der Waals surface area contributed by atoms with Crippen molar-refractivity contribution in [1.82, 2.24) is 10.2 Å². The molecule has 2 nitrogen and oxygen atoms in total. The van der Waals surface area contributed by atoms with Crippen LogP contribution in [0, 0.1) is 12.8 Å². The fourth-order valence-corrected chi connectivity index (χ4v) is 5.64. The quantitative estimate of drug-likeness (QED) is 0.602. The Morgan fingerprint density at radius 2 is 1.37 bits per heavy atom. The second kappa shape index (κ2) is 8.75. The monoisotopic (exact) mass is 396 g/mol. The number of aryl methyl sites for hydroxylation is 1. The smallest absolute Gasteiger partial charge is 0.0361 e. The van der Waals surface area contributed by atoms with E-state index in [-0.39, 0.29) is 0 Å². The van der Waals surface area contributed by atoms with E-state index in [0.29, 0.717) is 18.0 Å². The van der Waals surface area contributed by atoms with Crippen molar-refractivity contribution in [2.24, 2.45) is 5.92 Å². The van der Waals surface area contributed by atoms with Crippen molar-refractivity contribution in [1.29, 1.82) is 0 Å². The van der Waals surface area contributed by atoms with Gasteiger partial charge in [0, 0.05) is 24.5 Å². The van der Waals surface area contributed by atoms with Crippen molar-refractivity contribution in [3.63, 3.8) is 0 Å². The standard InChI is InChI=1S/C28H32N2/c1-21-12-14-22(15-13-21)20-29-27-25-16-18-30(19-17-25)28(27)26(23-8-4-2-5-9-23)24-10-6-3-7-11-24/h2-15,25-29H,16-20H2,1H3/t27-,28+/m1/s1. The van der Waals surface area contributed by atoms with E-state index in [2.05, 4.69) is 102 Å². The maximum atomic E-state index is 4.02. The Hall–Kier alpha value is -2.42. The Kier molecular flexibility index (Phi) is 5.70. The van der Waals surface area contributed by atoms with Crippen LogP contribution < -0.4 is 5.32 Å². The lowest BCUT2D eigenvalue weighted by Crippen LogP contribution is -2.64. The molecule has 0 unspecified atom stereocenters. The summed E-state index contributed by atoms with van der Waals surface area (Å²) in [6.45, 7) is 5.56. The molecule has 154 valence electrons. The molecule has 0 aliphatic carbocycles. The fourth-order valence-electron chi connectivity index (χ4n) is 5.64. The third-order valence-corrected chi connectivity index (χ3v) is 7.19. The van der Waals surface area contributed by atoms with Gasteiger partial charge in [-0.3, -0.25) is 4.90 Å². The second-order valence-corrected chi connectivity index (χ2v) is 9.06. The van der Waals surface area contributed by atoms with Crippen molar-refractivity contribution in [2.45, 2.75) is 44.3 Å². The van der Waals surface area contributed by atoms with E-state index in [4.69, 9.17) is 0 Å². The van der Waals surface area contributed by atoms with Crippen LogP contribution in [0.4, 0.5) is 0 Å². The lowest BCUT2D eigenvalue weighted by Gasteiger charge is -2.54. The molecule has 30 heavy (non-hydrogen) atoms. The Morgan fingerprint density at radius 3 is 1.93 bits per heavy atom. The summed E-state index contributed by atoms with van der Waals surface area (Å²) in [6.07, 6.45) is 2.64. The Bertz CT molecular complexity index is 888. The van der Waals surface area contributed by atoms with E-state index < -0.39 is 0 Å². The highest BCUT2D eigenvalue weighted by atomic mass is 15.2. The minimum absolute atomic E-state index is 0.394. The average Bonchev–Trinajstić information content (AvgIpc) is 2.82. The third-order valence-electron chi connectivity index (χ3n) is 7.19. The zero-order valence-electron chi connectivity index (χ0n) is 17.9. The molecule has 2 atom stereocenters. The summed E-state index contributed by atoms with van der Waals surface area (Å²) in [7, 11) is 0. The summed E-state index contributed by atoms with van der Waals surface area (Å²) in [5.41, 5.74) is 5.58. The number of nitrogens with one attached hydrogen (secondary N) is 1. The topological polar surface area (TPSA) is 15.3 Å². The minimum atomic E-state index is 0.394. The highest BCUT2D eigenvalue weighted by molar-refractivity contribution is 5.36. The van der Waals surface area contributed by atoms with E-state index >= 15 is 0 Å². The van der Waals surface area contributed by atoms with Crippen LogP contribution in [0.3, 0.4) is 0 Å². The summed E-state index contributed by atoms with van der Waals surface area (Å²) in [6, 6.07) is 32.3.